The molecule has 0 radical (unpaired) electrons. The zero-order valence-corrected chi connectivity index (χ0v) is 15.5. The SMILES string of the molecule is COc1c(N2CCNC(C)C2)c(N)cc2c(=O)c(C(=O)O)cn(C3CC3)c12. The van der Waals surface area contributed by atoms with Crippen molar-refractivity contribution >= 4 is 28.2 Å². The molecule has 144 valence electrons. The van der Waals surface area contributed by atoms with Gasteiger partial charge in [0.2, 0.25) is 5.43 Å². The average Bonchev–Trinajstić information content (AvgIpc) is 3.46. The highest BCUT2D eigenvalue weighted by atomic mass is 16.5. The summed E-state index contributed by atoms with van der Waals surface area (Å²) in [5.74, 6) is -0.686. The molecule has 8 heteroatoms. The molecular formula is C19H24N4O4. The van der Waals surface area contributed by atoms with E-state index in [0.717, 1.165) is 38.2 Å². The van der Waals surface area contributed by atoms with Crippen molar-refractivity contribution in [3.05, 3.63) is 28.0 Å². The van der Waals surface area contributed by atoms with Crippen molar-refractivity contribution in [3.8, 4) is 5.75 Å². The van der Waals surface area contributed by atoms with Crippen LogP contribution in [0.5, 0.6) is 5.75 Å². The lowest BCUT2D eigenvalue weighted by atomic mass is 10.1. The number of carbonyl (C=O) groups is 1. The van der Waals surface area contributed by atoms with Crippen LogP contribution in [0.4, 0.5) is 11.4 Å². The fraction of sp³-hybridized carbons (Fsp3) is 0.474. The van der Waals surface area contributed by atoms with E-state index in [0.29, 0.717) is 28.4 Å². The molecule has 1 atom stereocenters. The molecular weight excluding hydrogens is 348 g/mol. The summed E-state index contributed by atoms with van der Waals surface area (Å²) in [5.41, 5.74) is 7.40. The van der Waals surface area contributed by atoms with Crippen molar-refractivity contribution < 1.29 is 14.6 Å². The predicted molar refractivity (Wildman–Crippen MR) is 104 cm³/mol. The summed E-state index contributed by atoms with van der Waals surface area (Å²) in [6, 6.07) is 2.09. The number of methoxy groups -OCH3 is 1. The molecule has 0 bridgehead atoms. The number of fused-ring (bicyclic) bond motifs is 1. The molecule has 1 aliphatic heterocycles. The molecule has 0 amide bonds. The van der Waals surface area contributed by atoms with Gasteiger partial charge in [-0.15, -0.1) is 0 Å². The predicted octanol–water partition coefficient (Wildman–Crippen LogP) is 1.42. The highest BCUT2D eigenvalue weighted by Crippen LogP contribution is 2.45. The fourth-order valence-electron chi connectivity index (χ4n) is 3.94. The lowest BCUT2D eigenvalue weighted by Gasteiger charge is -2.35. The van der Waals surface area contributed by atoms with Gasteiger partial charge in [-0.1, -0.05) is 0 Å². The molecule has 1 aromatic carbocycles. The lowest BCUT2D eigenvalue weighted by Crippen LogP contribution is -2.49. The summed E-state index contributed by atoms with van der Waals surface area (Å²) < 4.78 is 7.64. The number of carboxylic acids is 1. The molecule has 2 aliphatic rings. The van der Waals surface area contributed by atoms with Crippen molar-refractivity contribution in [1.82, 2.24) is 9.88 Å². The van der Waals surface area contributed by atoms with Gasteiger partial charge in [0.25, 0.3) is 0 Å². The van der Waals surface area contributed by atoms with Crippen LogP contribution in [0.25, 0.3) is 10.9 Å². The van der Waals surface area contributed by atoms with Crippen molar-refractivity contribution in [3.63, 3.8) is 0 Å². The van der Waals surface area contributed by atoms with Crippen molar-refractivity contribution in [2.75, 3.05) is 37.4 Å². The number of rotatable bonds is 4. The third-order valence-corrected chi connectivity index (χ3v) is 5.33. The number of hydrogen-bond acceptors (Lipinski definition) is 6. The number of hydrogen-bond donors (Lipinski definition) is 3. The third-order valence-electron chi connectivity index (χ3n) is 5.33. The van der Waals surface area contributed by atoms with Gasteiger partial charge in [0.15, 0.2) is 5.75 Å². The first-order valence-corrected chi connectivity index (χ1v) is 9.19. The van der Waals surface area contributed by atoms with Gasteiger partial charge in [-0.3, -0.25) is 4.79 Å². The van der Waals surface area contributed by atoms with Crippen molar-refractivity contribution in [2.24, 2.45) is 0 Å². The summed E-state index contributed by atoms with van der Waals surface area (Å²) in [7, 11) is 1.57. The van der Waals surface area contributed by atoms with Gasteiger partial charge < -0.3 is 30.4 Å². The van der Waals surface area contributed by atoms with Crippen molar-refractivity contribution in [1.29, 1.82) is 0 Å². The van der Waals surface area contributed by atoms with E-state index in [1.165, 1.54) is 6.20 Å². The Morgan fingerprint density at radius 3 is 2.74 bits per heavy atom. The van der Waals surface area contributed by atoms with Crippen LogP contribution in [-0.2, 0) is 0 Å². The van der Waals surface area contributed by atoms with E-state index < -0.39 is 11.4 Å². The first-order valence-electron chi connectivity index (χ1n) is 9.19. The Morgan fingerprint density at radius 2 is 2.15 bits per heavy atom. The minimum absolute atomic E-state index is 0.179. The lowest BCUT2D eigenvalue weighted by molar-refractivity contribution is 0.0695. The van der Waals surface area contributed by atoms with Crippen LogP contribution in [0, 0.1) is 0 Å². The molecule has 2 aromatic rings. The second-order valence-corrected chi connectivity index (χ2v) is 7.36. The van der Waals surface area contributed by atoms with Gasteiger partial charge in [-0.25, -0.2) is 4.79 Å². The first kappa shape index (κ1) is 17.7. The normalized spacial score (nSPS) is 20.1. The van der Waals surface area contributed by atoms with Gasteiger partial charge in [0, 0.05) is 37.9 Å². The zero-order valence-electron chi connectivity index (χ0n) is 15.5. The highest BCUT2D eigenvalue weighted by Gasteiger charge is 2.31. The molecule has 0 spiro atoms. The first-order chi connectivity index (χ1) is 12.9. The molecule has 2 heterocycles. The summed E-state index contributed by atoms with van der Waals surface area (Å²) in [6.45, 7) is 4.48. The number of pyridine rings is 1. The molecule has 4 rings (SSSR count). The Hall–Kier alpha value is -2.74. The molecule has 1 saturated carbocycles. The third kappa shape index (κ3) is 2.90. The number of piperazine rings is 1. The Balaban J connectivity index is 2.03. The van der Waals surface area contributed by atoms with E-state index in [1.807, 2.05) is 4.57 Å². The molecule has 2 fully saturated rings. The van der Waals surface area contributed by atoms with Crippen LogP contribution >= 0.6 is 0 Å². The number of aromatic nitrogens is 1. The van der Waals surface area contributed by atoms with Crippen molar-refractivity contribution in [2.45, 2.75) is 31.8 Å². The van der Waals surface area contributed by atoms with E-state index in [2.05, 4.69) is 17.1 Å². The van der Waals surface area contributed by atoms with Gasteiger partial charge in [-0.2, -0.15) is 0 Å². The number of aromatic carboxylic acids is 1. The second-order valence-electron chi connectivity index (χ2n) is 7.36. The van der Waals surface area contributed by atoms with Crippen LogP contribution in [0.2, 0.25) is 0 Å². The van der Waals surface area contributed by atoms with Crippen LogP contribution in [0.3, 0.4) is 0 Å². The van der Waals surface area contributed by atoms with Gasteiger partial charge in [0.1, 0.15) is 11.3 Å². The summed E-state index contributed by atoms with van der Waals surface area (Å²) in [6.07, 6.45) is 3.35. The summed E-state index contributed by atoms with van der Waals surface area (Å²) in [4.78, 5) is 26.5. The maximum absolute atomic E-state index is 12.8. The number of benzene rings is 1. The number of nitrogens with zero attached hydrogens (tertiary/aromatic N) is 2. The molecule has 4 N–H and O–H groups in total. The number of nitrogens with two attached hydrogens (primary N) is 1. The van der Waals surface area contributed by atoms with Crippen LogP contribution in [0.15, 0.2) is 17.1 Å². The fourth-order valence-corrected chi connectivity index (χ4v) is 3.94. The number of nitrogen functional groups attached to an aromatic ring is 1. The number of carboxylic acid groups (broad SMARTS) is 1. The molecule has 1 aromatic heterocycles. The highest BCUT2D eigenvalue weighted by molar-refractivity contribution is 6.00. The maximum Gasteiger partial charge on any atom is 0.341 e. The molecule has 1 aliphatic carbocycles. The van der Waals surface area contributed by atoms with E-state index in [4.69, 9.17) is 10.5 Å². The Labute approximate surface area is 156 Å². The Bertz CT molecular complexity index is 980. The maximum atomic E-state index is 12.8. The standard InChI is InChI=1S/C19H24N4O4/c1-10-8-22(6-5-21-10)16-14(20)7-12-15(18(16)27-2)23(11-3-4-11)9-13(17(12)24)19(25)26/h7,9-11,21H,3-6,8,20H2,1-2H3,(H,25,26). The number of anilines is 2. The van der Waals surface area contributed by atoms with Crippen LogP contribution in [-0.4, -0.2) is 48.4 Å². The topological polar surface area (TPSA) is 110 Å². The minimum Gasteiger partial charge on any atom is -0.492 e. The van der Waals surface area contributed by atoms with Crippen LogP contribution < -0.4 is 26.1 Å². The smallest absolute Gasteiger partial charge is 0.341 e. The van der Waals surface area contributed by atoms with Gasteiger partial charge in [-0.05, 0) is 25.8 Å². The average molecular weight is 372 g/mol. The Morgan fingerprint density at radius 1 is 1.41 bits per heavy atom. The zero-order chi connectivity index (χ0) is 19.3. The molecule has 27 heavy (non-hydrogen) atoms. The second kappa shape index (κ2) is 6.45. The number of nitrogens with one attached hydrogen (secondary N) is 1. The summed E-state index contributed by atoms with van der Waals surface area (Å²) in [5, 5.41) is 13.1. The summed E-state index contributed by atoms with van der Waals surface area (Å²) >= 11 is 0. The van der Waals surface area contributed by atoms with Gasteiger partial charge in [0.05, 0.1) is 23.7 Å². The monoisotopic (exact) mass is 372 g/mol. The van der Waals surface area contributed by atoms with E-state index in [1.54, 1.807) is 13.2 Å². The Kier molecular flexibility index (Phi) is 4.22. The van der Waals surface area contributed by atoms with Gasteiger partial charge >= 0.3 is 5.97 Å². The largest absolute Gasteiger partial charge is 0.492 e. The minimum atomic E-state index is -1.23. The van der Waals surface area contributed by atoms with E-state index >= 15 is 0 Å². The molecule has 8 nitrogen and oxygen atoms in total. The van der Waals surface area contributed by atoms with E-state index in [9.17, 15) is 14.7 Å². The quantitative estimate of drug-likeness (QED) is 0.696. The molecule has 1 unspecified atom stereocenters. The number of ether oxygens (including phenoxy) is 1. The van der Waals surface area contributed by atoms with Crippen LogP contribution in [0.1, 0.15) is 36.2 Å². The molecule has 1 saturated heterocycles. The van der Waals surface area contributed by atoms with E-state index in [-0.39, 0.29) is 11.6 Å².